The van der Waals surface area contributed by atoms with Crippen molar-refractivity contribution in [3.63, 3.8) is 0 Å². The molecule has 0 aliphatic carbocycles. The molecule has 0 fully saturated rings. The predicted molar refractivity (Wildman–Crippen MR) is 70.6 cm³/mol. The van der Waals surface area contributed by atoms with Crippen LogP contribution in [0.15, 0.2) is 0 Å². The van der Waals surface area contributed by atoms with Gasteiger partial charge in [-0.25, -0.2) is 4.79 Å². The summed E-state index contributed by atoms with van der Waals surface area (Å²) < 4.78 is 0. The van der Waals surface area contributed by atoms with Crippen LogP contribution >= 0.6 is 0 Å². The average Bonchev–Trinajstić information content (AvgIpc) is 2.26. The minimum Gasteiger partial charge on any atom is -0.269 e. The number of hydrogen-bond donors (Lipinski definition) is 0. The summed E-state index contributed by atoms with van der Waals surface area (Å²) in [5.41, 5.74) is -0.473. The van der Waals surface area contributed by atoms with E-state index in [-0.39, 0.29) is 5.97 Å². The minimum absolute atomic E-state index is 0.368. The molecule has 0 rings (SSSR count). The maximum Gasteiger partial charge on any atom is 0.345 e. The molecule has 0 aliphatic heterocycles. The molecule has 0 spiro atoms. The Bertz CT molecular complexity index is 208. The van der Waals surface area contributed by atoms with Crippen molar-refractivity contribution in [1.29, 1.82) is 0 Å². The molecule has 0 heterocycles. The summed E-state index contributed by atoms with van der Waals surface area (Å²) in [6, 6.07) is 0. The molecule has 0 unspecified atom stereocenters. The zero-order chi connectivity index (χ0) is 13.9. The highest BCUT2D eigenvalue weighted by Gasteiger charge is 2.13. The summed E-state index contributed by atoms with van der Waals surface area (Å²) in [4.78, 5) is 20.6. The van der Waals surface area contributed by atoms with E-state index < -0.39 is 5.60 Å². The van der Waals surface area contributed by atoms with Gasteiger partial charge in [-0.05, 0) is 32.2 Å². The van der Waals surface area contributed by atoms with Crippen molar-refractivity contribution in [2.24, 2.45) is 0 Å². The SMILES string of the molecule is CCCCCCCCCC(=O)OOOC(C)(C)C. The van der Waals surface area contributed by atoms with Crippen LogP contribution in [0.1, 0.15) is 79.1 Å². The third-order valence-electron chi connectivity index (χ3n) is 2.40. The number of unbranched alkanes of at least 4 members (excludes halogenated alkanes) is 6. The number of carbonyl (C=O) groups is 1. The van der Waals surface area contributed by atoms with Crippen molar-refractivity contribution in [2.75, 3.05) is 0 Å². The molecule has 0 saturated heterocycles. The van der Waals surface area contributed by atoms with Gasteiger partial charge >= 0.3 is 5.97 Å². The van der Waals surface area contributed by atoms with Gasteiger partial charge < -0.3 is 0 Å². The highest BCUT2D eigenvalue weighted by atomic mass is 17.5. The first-order chi connectivity index (χ1) is 8.45. The Morgan fingerprint density at radius 3 is 2.06 bits per heavy atom. The lowest BCUT2D eigenvalue weighted by Gasteiger charge is -2.15. The van der Waals surface area contributed by atoms with E-state index >= 15 is 0 Å². The van der Waals surface area contributed by atoms with Gasteiger partial charge in [0.1, 0.15) is 0 Å². The highest BCUT2D eigenvalue weighted by Crippen LogP contribution is 2.10. The quantitative estimate of drug-likeness (QED) is 0.333. The third-order valence-corrected chi connectivity index (χ3v) is 2.40. The summed E-state index contributed by atoms with van der Waals surface area (Å²) in [5.74, 6) is -0.368. The first kappa shape index (κ1) is 17.4. The van der Waals surface area contributed by atoms with Crippen molar-refractivity contribution < 1.29 is 19.6 Å². The van der Waals surface area contributed by atoms with Gasteiger partial charge in [0.25, 0.3) is 0 Å². The second-order valence-corrected chi connectivity index (χ2v) is 5.59. The van der Waals surface area contributed by atoms with E-state index in [9.17, 15) is 4.79 Å². The predicted octanol–water partition coefficient (Wildman–Crippen LogP) is 4.33. The molecule has 0 saturated carbocycles. The fourth-order valence-corrected chi connectivity index (χ4v) is 1.43. The van der Waals surface area contributed by atoms with Crippen LogP contribution in [0.4, 0.5) is 0 Å². The molecule has 18 heavy (non-hydrogen) atoms. The Kier molecular flexibility index (Phi) is 9.98. The first-order valence-corrected chi connectivity index (χ1v) is 7.01. The second-order valence-electron chi connectivity index (χ2n) is 5.59. The maximum atomic E-state index is 11.2. The van der Waals surface area contributed by atoms with E-state index in [1.54, 1.807) is 0 Å². The fourth-order valence-electron chi connectivity index (χ4n) is 1.43. The second kappa shape index (κ2) is 10.3. The van der Waals surface area contributed by atoms with E-state index in [4.69, 9.17) is 4.89 Å². The lowest BCUT2D eigenvalue weighted by Crippen LogP contribution is -2.20. The van der Waals surface area contributed by atoms with Crippen LogP contribution in [0.2, 0.25) is 0 Å². The van der Waals surface area contributed by atoms with Crippen molar-refractivity contribution in [3.05, 3.63) is 0 Å². The van der Waals surface area contributed by atoms with Crippen LogP contribution in [0.25, 0.3) is 0 Å². The zero-order valence-electron chi connectivity index (χ0n) is 12.3. The lowest BCUT2D eigenvalue weighted by atomic mass is 10.1. The summed E-state index contributed by atoms with van der Waals surface area (Å²) in [6.45, 7) is 7.65. The summed E-state index contributed by atoms with van der Waals surface area (Å²) in [5, 5.41) is 4.42. The molecule has 0 atom stereocenters. The molecule has 0 aliphatic rings. The van der Waals surface area contributed by atoms with E-state index in [1.807, 2.05) is 20.8 Å². The van der Waals surface area contributed by atoms with Gasteiger partial charge in [0, 0.05) is 6.42 Å². The van der Waals surface area contributed by atoms with Crippen LogP contribution in [0.3, 0.4) is 0 Å². The van der Waals surface area contributed by atoms with E-state index in [0.717, 1.165) is 12.8 Å². The van der Waals surface area contributed by atoms with Gasteiger partial charge in [0.2, 0.25) is 0 Å². The van der Waals surface area contributed by atoms with Gasteiger partial charge in [-0.2, -0.15) is 4.89 Å². The van der Waals surface area contributed by atoms with Crippen LogP contribution in [0.5, 0.6) is 0 Å². The monoisotopic (exact) mass is 260 g/mol. The smallest absolute Gasteiger partial charge is 0.269 e. The van der Waals surface area contributed by atoms with Crippen LogP contribution in [-0.2, 0) is 19.6 Å². The summed E-state index contributed by atoms with van der Waals surface area (Å²) in [6.07, 6.45) is 8.62. The number of carbonyl (C=O) groups excluding carboxylic acids is 1. The molecule has 4 nitrogen and oxygen atoms in total. The molecule has 4 heteroatoms. The van der Waals surface area contributed by atoms with Gasteiger partial charge in [0.05, 0.1) is 5.60 Å². The Balaban J connectivity index is 3.27. The Hall–Kier alpha value is -0.610. The Labute approximate surface area is 111 Å². The highest BCUT2D eigenvalue weighted by molar-refractivity contribution is 5.68. The molecule has 108 valence electrons. The molecular formula is C14H28O4. The van der Waals surface area contributed by atoms with Gasteiger partial charge in [0.15, 0.2) is 0 Å². The normalized spacial score (nSPS) is 11.6. The van der Waals surface area contributed by atoms with Gasteiger partial charge in [-0.15, -0.1) is 0 Å². The van der Waals surface area contributed by atoms with E-state index in [0.29, 0.717) is 6.42 Å². The molecule has 0 aromatic carbocycles. The number of hydrogen-bond acceptors (Lipinski definition) is 4. The molecule has 0 amide bonds. The van der Waals surface area contributed by atoms with Crippen molar-refractivity contribution in [3.8, 4) is 0 Å². The van der Waals surface area contributed by atoms with Crippen molar-refractivity contribution in [1.82, 2.24) is 0 Å². The third kappa shape index (κ3) is 13.5. The van der Waals surface area contributed by atoms with Gasteiger partial charge in [-0.1, -0.05) is 45.4 Å². The maximum absolute atomic E-state index is 11.2. The van der Waals surface area contributed by atoms with Crippen LogP contribution in [-0.4, -0.2) is 11.6 Å². The van der Waals surface area contributed by atoms with E-state index in [2.05, 4.69) is 16.8 Å². The first-order valence-electron chi connectivity index (χ1n) is 7.01. The number of rotatable bonds is 10. The van der Waals surface area contributed by atoms with Crippen molar-refractivity contribution in [2.45, 2.75) is 84.7 Å². The Morgan fingerprint density at radius 1 is 0.944 bits per heavy atom. The van der Waals surface area contributed by atoms with Crippen LogP contribution < -0.4 is 0 Å². The molecule has 0 N–H and O–H groups in total. The zero-order valence-corrected chi connectivity index (χ0v) is 12.3. The summed E-state index contributed by atoms with van der Waals surface area (Å²) in [7, 11) is 0. The fraction of sp³-hybridized carbons (Fsp3) is 0.929. The molecule has 0 bridgehead atoms. The average molecular weight is 260 g/mol. The van der Waals surface area contributed by atoms with Crippen molar-refractivity contribution >= 4 is 5.97 Å². The van der Waals surface area contributed by atoms with E-state index in [1.165, 1.54) is 32.1 Å². The molecular weight excluding hydrogens is 232 g/mol. The molecule has 0 aromatic heterocycles. The lowest BCUT2D eigenvalue weighted by molar-refractivity contribution is -0.514. The van der Waals surface area contributed by atoms with Crippen LogP contribution in [0, 0.1) is 0 Å². The summed E-state index contributed by atoms with van der Waals surface area (Å²) >= 11 is 0. The topological polar surface area (TPSA) is 44.8 Å². The molecule has 0 radical (unpaired) electrons. The minimum atomic E-state index is -0.473. The Morgan fingerprint density at radius 2 is 1.50 bits per heavy atom. The standard InChI is InChI=1S/C14H28O4/c1-5-6-7-8-9-10-11-12-13(15)16-18-17-14(2,3)4/h5-12H2,1-4H3. The van der Waals surface area contributed by atoms with Gasteiger partial charge in [-0.3, -0.25) is 4.89 Å². The largest absolute Gasteiger partial charge is 0.345 e. The molecule has 0 aromatic rings.